The molecule has 0 radical (unpaired) electrons. The van der Waals surface area contributed by atoms with Crippen molar-refractivity contribution in [3.8, 4) is 5.75 Å². The highest BCUT2D eigenvalue weighted by molar-refractivity contribution is 7.91. The van der Waals surface area contributed by atoms with Crippen LogP contribution in [0.5, 0.6) is 5.75 Å². The highest BCUT2D eigenvalue weighted by atomic mass is 35.5. The molecular formula is C28H32Cl3FN2O4S. The zero-order valence-corrected chi connectivity index (χ0v) is 24.6. The molecule has 1 atom stereocenters. The van der Waals surface area contributed by atoms with E-state index in [-0.39, 0.29) is 10.8 Å². The van der Waals surface area contributed by atoms with Crippen molar-refractivity contribution in [1.29, 1.82) is 0 Å². The monoisotopic (exact) mass is 616 g/mol. The van der Waals surface area contributed by atoms with Gasteiger partial charge in [0.15, 0.2) is 0 Å². The summed E-state index contributed by atoms with van der Waals surface area (Å²) in [5.74, 6) is -1.21. The third-order valence-electron chi connectivity index (χ3n) is 8.30. The number of hydrogen-bond acceptors (Lipinski definition) is 5. The zero-order valence-electron chi connectivity index (χ0n) is 21.5. The molecule has 2 aliphatic carbocycles. The molecule has 3 fully saturated rings. The SMILES string of the molecule is O=C(NS(=O)(=O)C1CC1)c1cc(Cl)c(OCCC2CCC3(CCN(Cc4cc(Cl)cc(Cl)c4)CC3)C2)cc1F. The molecule has 1 spiro atoms. The first-order valence-corrected chi connectivity index (χ1v) is 16.1. The highest BCUT2D eigenvalue weighted by Crippen LogP contribution is 2.50. The first-order valence-electron chi connectivity index (χ1n) is 13.4. The lowest BCUT2D eigenvalue weighted by atomic mass is 9.76. The Kier molecular flexibility index (Phi) is 8.70. The summed E-state index contributed by atoms with van der Waals surface area (Å²) in [7, 11) is -3.78. The van der Waals surface area contributed by atoms with Gasteiger partial charge >= 0.3 is 0 Å². The largest absolute Gasteiger partial charge is 0.492 e. The van der Waals surface area contributed by atoms with Gasteiger partial charge < -0.3 is 4.74 Å². The van der Waals surface area contributed by atoms with Crippen LogP contribution in [0.1, 0.15) is 67.3 Å². The van der Waals surface area contributed by atoms with E-state index in [0.717, 1.165) is 69.4 Å². The van der Waals surface area contributed by atoms with Crippen molar-refractivity contribution >= 4 is 50.7 Å². The number of amides is 1. The Bertz CT molecular complexity index is 1320. The van der Waals surface area contributed by atoms with Crippen LogP contribution in [0.2, 0.25) is 15.1 Å². The minimum Gasteiger partial charge on any atom is -0.492 e. The highest BCUT2D eigenvalue weighted by Gasteiger charge is 2.41. The minimum absolute atomic E-state index is 0.0709. The molecule has 2 aromatic carbocycles. The average Bonchev–Trinajstić information content (AvgIpc) is 3.65. The second-order valence-electron chi connectivity index (χ2n) is 11.2. The van der Waals surface area contributed by atoms with E-state index in [4.69, 9.17) is 39.5 Å². The second-order valence-corrected chi connectivity index (χ2v) is 14.5. The number of rotatable bonds is 9. The van der Waals surface area contributed by atoms with Crippen LogP contribution in [-0.2, 0) is 16.6 Å². The number of likely N-dealkylation sites (tertiary alicyclic amines) is 1. The Hall–Kier alpha value is -1.58. The van der Waals surface area contributed by atoms with E-state index in [2.05, 4.69) is 4.90 Å². The maximum atomic E-state index is 14.6. The van der Waals surface area contributed by atoms with Crippen molar-refractivity contribution < 1.29 is 22.3 Å². The van der Waals surface area contributed by atoms with E-state index in [1.807, 2.05) is 16.9 Å². The Labute approximate surface area is 244 Å². The predicted octanol–water partition coefficient (Wildman–Crippen LogP) is 6.86. The molecule has 2 saturated carbocycles. The average molecular weight is 618 g/mol. The van der Waals surface area contributed by atoms with Gasteiger partial charge in [-0.1, -0.05) is 34.8 Å². The fourth-order valence-corrected chi connectivity index (χ4v) is 8.05. The Morgan fingerprint density at radius 3 is 2.38 bits per heavy atom. The summed E-state index contributed by atoms with van der Waals surface area (Å²) in [5.41, 5.74) is 1.09. The van der Waals surface area contributed by atoms with Crippen LogP contribution >= 0.6 is 34.8 Å². The summed E-state index contributed by atoms with van der Waals surface area (Å²) >= 11 is 18.6. The molecule has 1 amide bonds. The molecule has 1 N–H and O–H groups in total. The van der Waals surface area contributed by atoms with Gasteiger partial charge in [0, 0.05) is 22.7 Å². The van der Waals surface area contributed by atoms with E-state index < -0.39 is 32.6 Å². The Morgan fingerprint density at radius 2 is 1.72 bits per heavy atom. The number of piperidine rings is 1. The molecule has 11 heteroatoms. The molecule has 1 unspecified atom stereocenters. The number of sulfonamides is 1. The van der Waals surface area contributed by atoms with E-state index in [0.29, 0.717) is 40.8 Å². The van der Waals surface area contributed by atoms with Crippen LogP contribution in [-0.4, -0.2) is 44.2 Å². The molecule has 2 aromatic rings. The molecule has 212 valence electrons. The minimum atomic E-state index is -3.78. The number of nitrogens with zero attached hydrogens (tertiary/aromatic N) is 1. The van der Waals surface area contributed by atoms with Gasteiger partial charge in [0.1, 0.15) is 11.6 Å². The number of carbonyl (C=O) groups is 1. The standard InChI is InChI=1S/C28H32Cl3FN2O4S/c29-20-11-19(12-21(30)13-20)17-34-8-6-28(7-9-34)5-3-18(16-28)4-10-38-26-15-25(32)23(14-24(26)31)27(35)33-39(36,37)22-1-2-22/h11-15,18,22H,1-10,16-17H2,(H,33,35). The summed E-state index contributed by atoms with van der Waals surface area (Å²) in [6, 6.07) is 7.88. The van der Waals surface area contributed by atoms with E-state index in [1.165, 1.54) is 6.42 Å². The molecule has 1 aliphatic heterocycles. The maximum Gasteiger partial charge on any atom is 0.267 e. The number of carbonyl (C=O) groups excluding carboxylic acids is 1. The van der Waals surface area contributed by atoms with Crippen LogP contribution < -0.4 is 9.46 Å². The van der Waals surface area contributed by atoms with Crippen molar-refractivity contribution in [2.24, 2.45) is 11.3 Å². The molecule has 6 nitrogen and oxygen atoms in total. The quantitative estimate of drug-likeness (QED) is 0.333. The maximum absolute atomic E-state index is 14.6. The lowest BCUT2D eigenvalue weighted by Gasteiger charge is -2.39. The summed E-state index contributed by atoms with van der Waals surface area (Å²) in [6.07, 6.45) is 7.67. The van der Waals surface area contributed by atoms with Gasteiger partial charge in [-0.3, -0.25) is 9.69 Å². The molecule has 0 bridgehead atoms. The van der Waals surface area contributed by atoms with Gasteiger partial charge in [-0.05, 0) is 106 Å². The van der Waals surface area contributed by atoms with E-state index in [1.54, 1.807) is 6.07 Å². The van der Waals surface area contributed by atoms with Crippen molar-refractivity contribution in [2.45, 2.75) is 63.2 Å². The molecule has 1 heterocycles. The molecule has 39 heavy (non-hydrogen) atoms. The number of halogens is 4. The Balaban J connectivity index is 1.08. The first-order chi connectivity index (χ1) is 18.5. The van der Waals surface area contributed by atoms with Gasteiger partial charge in [-0.15, -0.1) is 0 Å². The lowest BCUT2D eigenvalue weighted by Crippen LogP contribution is -2.38. The summed E-state index contributed by atoms with van der Waals surface area (Å²) in [5, 5.41) is 0.813. The van der Waals surface area contributed by atoms with Crippen LogP contribution in [0.4, 0.5) is 4.39 Å². The van der Waals surface area contributed by atoms with Crippen LogP contribution in [0.3, 0.4) is 0 Å². The van der Waals surface area contributed by atoms with Gasteiger partial charge in [0.05, 0.1) is 22.4 Å². The second kappa shape index (κ2) is 11.7. The number of ether oxygens (including phenoxy) is 1. The fraction of sp³-hybridized carbons (Fsp3) is 0.536. The molecule has 1 saturated heterocycles. The van der Waals surface area contributed by atoms with Crippen molar-refractivity contribution in [3.63, 3.8) is 0 Å². The molecule has 3 aliphatic rings. The van der Waals surface area contributed by atoms with Crippen molar-refractivity contribution in [1.82, 2.24) is 9.62 Å². The van der Waals surface area contributed by atoms with E-state index >= 15 is 0 Å². The van der Waals surface area contributed by atoms with Crippen molar-refractivity contribution in [3.05, 3.63) is 62.3 Å². The smallest absolute Gasteiger partial charge is 0.267 e. The van der Waals surface area contributed by atoms with E-state index in [9.17, 15) is 17.6 Å². The number of nitrogens with one attached hydrogen (secondary N) is 1. The fourth-order valence-electron chi connectivity index (χ4n) is 5.97. The number of benzene rings is 2. The van der Waals surface area contributed by atoms with Crippen LogP contribution in [0.15, 0.2) is 30.3 Å². The van der Waals surface area contributed by atoms with Gasteiger partial charge in [0.25, 0.3) is 5.91 Å². The molecule has 0 aromatic heterocycles. The summed E-state index contributed by atoms with van der Waals surface area (Å²) < 4.78 is 46.4. The van der Waals surface area contributed by atoms with Gasteiger partial charge in [0.2, 0.25) is 10.0 Å². The van der Waals surface area contributed by atoms with Crippen LogP contribution in [0.25, 0.3) is 0 Å². The number of hydrogen-bond donors (Lipinski definition) is 1. The normalized spacial score (nSPS) is 21.3. The first kappa shape index (κ1) is 28.9. The molecular weight excluding hydrogens is 586 g/mol. The lowest BCUT2D eigenvalue weighted by molar-refractivity contribution is 0.0977. The third kappa shape index (κ3) is 7.20. The Morgan fingerprint density at radius 1 is 1.03 bits per heavy atom. The predicted molar refractivity (Wildman–Crippen MR) is 152 cm³/mol. The summed E-state index contributed by atoms with van der Waals surface area (Å²) in [6.45, 7) is 3.33. The topological polar surface area (TPSA) is 75.7 Å². The summed E-state index contributed by atoms with van der Waals surface area (Å²) in [4.78, 5) is 14.8. The molecule has 5 rings (SSSR count). The van der Waals surface area contributed by atoms with Crippen LogP contribution in [0, 0.1) is 17.2 Å². The third-order valence-corrected chi connectivity index (χ3v) is 10.8. The van der Waals surface area contributed by atoms with Gasteiger partial charge in [-0.2, -0.15) is 0 Å². The van der Waals surface area contributed by atoms with Gasteiger partial charge in [-0.25, -0.2) is 17.5 Å². The zero-order chi connectivity index (χ0) is 27.8. The van der Waals surface area contributed by atoms with Crippen molar-refractivity contribution in [2.75, 3.05) is 19.7 Å².